The molecule has 0 saturated heterocycles. The Balaban J connectivity index is 2.16. The van der Waals surface area contributed by atoms with Crippen LogP contribution in [0.25, 0.3) is 0 Å². The average molecular weight is 246 g/mol. The normalized spacial score (nSPS) is 19.7. The average Bonchev–Trinajstić information content (AvgIpc) is 2.29. The highest BCUT2D eigenvalue weighted by atomic mass is 16.4. The Hall–Kier alpha value is -1.31. The SMILES string of the molecule is CC1(C)CCC(c2ccccc2CC(=O)O)CC1. The number of hydrogen-bond donors (Lipinski definition) is 1. The summed E-state index contributed by atoms with van der Waals surface area (Å²) < 4.78 is 0. The second-order valence-corrected chi connectivity index (χ2v) is 6.21. The molecular formula is C16H22O2. The lowest BCUT2D eigenvalue weighted by molar-refractivity contribution is -0.136. The van der Waals surface area contributed by atoms with Gasteiger partial charge in [-0.1, -0.05) is 38.1 Å². The van der Waals surface area contributed by atoms with E-state index in [9.17, 15) is 4.79 Å². The lowest BCUT2D eigenvalue weighted by Gasteiger charge is -2.35. The third kappa shape index (κ3) is 3.12. The van der Waals surface area contributed by atoms with Gasteiger partial charge >= 0.3 is 5.97 Å². The van der Waals surface area contributed by atoms with Crippen LogP contribution < -0.4 is 0 Å². The van der Waals surface area contributed by atoms with Crippen molar-refractivity contribution in [1.82, 2.24) is 0 Å². The molecule has 0 amide bonds. The molecule has 0 radical (unpaired) electrons. The maximum atomic E-state index is 10.9. The zero-order valence-corrected chi connectivity index (χ0v) is 11.3. The Morgan fingerprint density at radius 2 is 1.89 bits per heavy atom. The monoisotopic (exact) mass is 246 g/mol. The molecule has 1 aromatic rings. The van der Waals surface area contributed by atoms with E-state index < -0.39 is 5.97 Å². The van der Waals surface area contributed by atoms with Crippen LogP contribution in [0.5, 0.6) is 0 Å². The minimum Gasteiger partial charge on any atom is -0.481 e. The van der Waals surface area contributed by atoms with E-state index in [1.165, 1.54) is 31.2 Å². The van der Waals surface area contributed by atoms with Gasteiger partial charge in [-0.3, -0.25) is 4.79 Å². The second-order valence-electron chi connectivity index (χ2n) is 6.21. The molecule has 0 heterocycles. The van der Waals surface area contributed by atoms with Gasteiger partial charge in [-0.25, -0.2) is 0 Å². The van der Waals surface area contributed by atoms with Crippen LogP contribution in [0.2, 0.25) is 0 Å². The van der Waals surface area contributed by atoms with Gasteiger partial charge in [-0.15, -0.1) is 0 Å². The number of rotatable bonds is 3. The number of hydrogen-bond acceptors (Lipinski definition) is 1. The third-order valence-corrected chi connectivity index (χ3v) is 4.18. The summed E-state index contributed by atoms with van der Waals surface area (Å²) in [5.41, 5.74) is 2.71. The van der Waals surface area contributed by atoms with Crippen LogP contribution >= 0.6 is 0 Å². The van der Waals surface area contributed by atoms with Crippen LogP contribution in [0.15, 0.2) is 24.3 Å². The van der Waals surface area contributed by atoms with Gasteiger partial charge in [0, 0.05) is 0 Å². The van der Waals surface area contributed by atoms with Crippen molar-refractivity contribution in [3.8, 4) is 0 Å². The van der Waals surface area contributed by atoms with Crippen LogP contribution in [0, 0.1) is 5.41 Å². The van der Waals surface area contributed by atoms with Crippen LogP contribution in [-0.4, -0.2) is 11.1 Å². The first-order valence-corrected chi connectivity index (χ1v) is 6.77. The summed E-state index contributed by atoms with van der Waals surface area (Å²) in [5, 5.41) is 8.97. The highest BCUT2D eigenvalue weighted by Gasteiger charge is 2.28. The zero-order valence-electron chi connectivity index (χ0n) is 11.3. The van der Waals surface area contributed by atoms with E-state index in [2.05, 4.69) is 19.9 Å². The quantitative estimate of drug-likeness (QED) is 0.875. The number of carbonyl (C=O) groups is 1. The summed E-state index contributed by atoms with van der Waals surface area (Å²) in [6.45, 7) is 4.65. The molecule has 18 heavy (non-hydrogen) atoms. The van der Waals surface area contributed by atoms with Crippen molar-refractivity contribution in [2.45, 2.75) is 51.9 Å². The standard InChI is InChI=1S/C16H22O2/c1-16(2)9-7-12(8-10-16)14-6-4-3-5-13(14)11-15(17)18/h3-6,12H,7-11H2,1-2H3,(H,17,18). The molecule has 98 valence electrons. The molecule has 1 aliphatic carbocycles. The molecule has 1 aromatic carbocycles. The molecule has 2 heteroatoms. The molecule has 0 spiro atoms. The molecule has 2 rings (SSSR count). The van der Waals surface area contributed by atoms with Gasteiger partial charge in [0.05, 0.1) is 6.42 Å². The molecular weight excluding hydrogens is 224 g/mol. The summed E-state index contributed by atoms with van der Waals surface area (Å²) >= 11 is 0. The molecule has 0 aliphatic heterocycles. The smallest absolute Gasteiger partial charge is 0.307 e. The van der Waals surface area contributed by atoms with Crippen LogP contribution in [0.4, 0.5) is 0 Å². The van der Waals surface area contributed by atoms with Gasteiger partial charge in [-0.2, -0.15) is 0 Å². The summed E-state index contributed by atoms with van der Waals surface area (Å²) in [7, 11) is 0. The van der Waals surface area contributed by atoms with E-state index in [-0.39, 0.29) is 6.42 Å². The van der Waals surface area contributed by atoms with Gasteiger partial charge in [0.2, 0.25) is 0 Å². The summed E-state index contributed by atoms with van der Waals surface area (Å²) in [4.78, 5) is 10.9. The fourth-order valence-electron chi connectivity index (χ4n) is 2.97. The largest absolute Gasteiger partial charge is 0.481 e. The highest BCUT2D eigenvalue weighted by molar-refractivity contribution is 5.70. The molecule has 1 aliphatic rings. The Labute approximate surface area is 109 Å². The first-order chi connectivity index (χ1) is 8.48. The molecule has 0 atom stereocenters. The van der Waals surface area contributed by atoms with Crippen molar-refractivity contribution in [3.63, 3.8) is 0 Å². The number of carboxylic acid groups (broad SMARTS) is 1. The topological polar surface area (TPSA) is 37.3 Å². The van der Waals surface area contributed by atoms with Crippen molar-refractivity contribution in [1.29, 1.82) is 0 Å². The molecule has 1 N–H and O–H groups in total. The van der Waals surface area contributed by atoms with E-state index in [0.29, 0.717) is 11.3 Å². The number of aliphatic carboxylic acids is 1. The predicted octanol–water partition coefficient (Wildman–Crippen LogP) is 4.00. The van der Waals surface area contributed by atoms with Crippen molar-refractivity contribution in [3.05, 3.63) is 35.4 Å². The molecule has 0 unspecified atom stereocenters. The van der Waals surface area contributed by atoms with E-state index in [0.717, 1.165) is 5.56 Å². The number of carboxylic acids is 1. The predicted molar refractivity (Wildman–Crippen MR) is 72.8 cm³/mol. The van der Waals surface area contributed by atoms with Gasteiger partial charge in [0.1, 0.15) is 0 Å². The van der Waals surface area contributed by atoms with Crippen molar-refractivity contribution < 1.29 is 9.90 Å². The Kier molecular flexibility index (Phi) is 3.74. The van der Waals surface area contributed by atoms with Crippen LogP contribution in [0.1, 0.15) is 56.6 Å². The Morgan fingerprint density at radius 3 is 2.50 bits per heavy atom. The van der Waals surface area contributed by atoms with E-state index in [1.807, 2.05) is 18.2 Å². The summed E-state index contributed by atoms with van der Waals surface area (Å²) in [6.07, 6.45) is 4.99. The molecule has 1 fully saturated rings. The Bertz CT molecular complexity index is 424. The first kappa shape index (κ1) is 13.1. The van der Waals surface area contributed by atoms with Gasteiger partial charge in [-0.05, 0) is 48.1 Å². The van der Waals surface area contributed by atoms with E-state index in [1.54, 1.807) is 0 Å². The zero-order chi connectivity index (χ0) is 13.2. The fraction of sp³-hybridized carbons (Fsp3) is 0.562. The summed E-state index contributed by atoms with van der Waals surface area (Å²) in [6, 6.07) is 8.04. The van der Waals surface area contributed by atoms with Crippen LogP contribution in [0.3, 0.4) is 0 Å². The molecule has 0 bridgehead atoms. The van der Waals surface area contributed by atoms with E-state index >= 15 is 0 Å². The molecule has 0 aromatic heterocycles. The summed E-state index contributed by atoms with van der Waals surface area (Å²) in [5.74, 6) is -0.188. The maximum Gasteiger partial charge on any atom is 0.307 e. The van der Waals surface area contributed by atoms with Crippen molar-refractivity contribution in [2.24, 2.45) is 5.41 Å². The lowest BCUT2D eigenvalue weighted by atomic mass is 9.70. The lowest BCUT2D eigenvalue weighted by Crippen LogP contribution is -2.21. The van der Waals surface area contributed by atoms with Crippen LogP contribution in [-0.2, 0) is 11.2 Å². The van der Waals surface area contributed by atoms with Crippen molar-refractivity contribution >= 4 is 5.97 Å². The van der Waals surface area contributed by atoms with Crippen molar-refractivity contribution in [2.75, 3.05) is 0 Å². The highest BCUT2D eigenvalue weighted by Crippen LogP contribution is 2.43. The second kappa shape index (κ2) is 5.13. The minimum absolute atomic E-state index is 0.149. The molecule has 2 nitrogen and oxygen atoms in total. The van der Waals surface area contributed by atoms with E-state index in [4.69, 9.17) is 5.11 Å². The minimum atomic E-state index is -0.737. The fourth-order valence-corrected chi connectivity index (χ4v) is 2.97. The van der Waals surface area contributed by atoms with Gasteiger partial charge < -0.3 is 5.11 Å². The van der Waals surface area contributed by atoms with Gasteiger partial charge in [0.15, 0.2) is 0 Å². The van der Waals surface area contributed by atoms with Gasteiger partial charge in [0.25, 0.3) is 0 Å². The molecule has 1 saturated carbocycles. The Morgan fingerprint density at radius 1 is 1.28 bits per heavy atom. The number of benzene rings is 1. The first-order valence-electron chi connectivity index (χ1n) is 6.77. The third-order valence-electron chi connectivity index (χ3n) is 4.18. The maximum absolute atomic E-state index is 10.9.